The zero-order valence-electron chi connectivity index (χ0n) is 19.4. The van der Waals surface area contributed by atoms with E-state index in [1.807, 2.05) is 11.0 Å². The molecule has 4 rings (SSSR count). The molecule has 1 aliphatic rings. The highest BCUT2D eigenvalue weighted by Crippen LogP contribution is 2.31. The molecule has 6 nitrogen and oxygen atoms in total. The number of hydrogen-bond donors (Lipinski definition) is 0. The van der Waals surface area contributed by atoms with Crippen molar-refractivity contribution in [2.24, 2.45) is 0 Å². The van der Waals surface area contributed by atoms with E-state index in [9.17, 15) is 14.0 Å². The average molecular weight is 486 g/mol. The molecule has 8 heteroatoms. The summed E-state index contributed by atoms with van der Waals surface area (Å²) in [7, 11) is 0. The lowest BCUT2D eigenvalue weighted by Gasteiger charge is -2.28. The van der Waals surface area contributed by atoms with E-state index in [1.54, 1.807) is 25.3 Å². The number of hydrogen-bond acceptors (Lipinski definition) is 4. The summed E-state index contributed by atoms with van der Waals surface area (Å²) >= 11 is 6.01. The molecule has 1 amide bonds. The van der Waals surface area contributed by atoms with Gasteiger partial charge < -0.3 is 14.2 Å². The Morgan fingerprint density at radius 2 is 2.00 bits per heavy atom. The number of esters is 1. The number of nitrogens with zero attached hydrogens (tertiary/aromatic N) is 3. The van der Waals surface area contributed by atoms with Crippen molar-refractivity contribution in [3.05, 3.63) is 64.2 Å². The molecule has 0 radical (unpaired) electrons. The Labute approximate surface area is 203 Å². The molecule has 0 unspecified atom stereocenters. The van der Waals surface area contributed by atoms with Gasteiger partial charge in [-0.25, -0.2) is 9.37 Å². The van der Waals surface area contributed by atoms with Crippen molar-refractivity contribution < 1.29 is 18.7 Å². The number of carbonyl (C=O) groups is 2. The number of ether oxygens (including phenoxy) is 1. The first-order chi connectivity index (χ1) is 16.5. The fourth-order valence-corrected chi connectivity index (χ4v) is 4.78. The van der Waals surface area contributed by atoms with Crippen molar-refractivity contribution in [2.75, 3.05) is 13.2 Å². The van der Waals surface area contributed by atoms with E-state index < -0.39 is 5.82 Å². The van der Waals surface area contributed by atoms with Gasteiger partial charge in [-0.05, 0) is 61.6 Å². The Kier molecular flexibility index (Phi) is 7.83. The Hall–Kier alpha value is -2.93. The Bertz CT molecular complexity index is 1190. The van der Waals surface area contributed by atoms with Gasteiger partial charge in [-0.3, -0.25) is 9.59 Å². The summed E-state index contributed by atoms with van der Waals surface area (Å²) < 4.78 is 20.7. The first-order valence-corrected chi connectivity index (χ1v) is 12.2. The van der Waals surface area contributed by atoms with Crippen LogP contribution < -0.4 is 0 Å². The van der Waals surface area contributed by atoms with Gasteiger partial charge in [0.15, 0.2) is 0 Å². The molecule has 3 heterocycles. The van der Waals surface area contributed by atoms with Gasteiger partial charge in [0.05, 0.1) is 18.2 Å². The lowest BCUT2D eigenvalue weighted by atomic mass is 10.0. The third-order valence-corrected chi connectivity index (χ3v) is 6.56. The molecule has 0 saturated carbocycles. The summed E-state index contributed by atoms with van der Waals surface area (Å²) in [5, 5.41) is 1.19. The van der Waals surface area contributed by atoms with Crippen LogP contribution in [0, 0.1) is 5.82 Å². The number of halogens is 2. The molecule has 0 atom stereocenters. The van der Waals surface area contributed by atoms with Gasteiger partial charge in [-0.1, -0.05) is 24.1 Å². The molecule has 0 saturated heterocycles. The maximum atomic E-state index is 13.6. The topological polar surface area (TPSA) is 64.4 Å². The first kappa shape index (κ1) is 24.2. The van der Waals surface area contributed by atoms with Crippen molar-refractivity contribution >= 4 is 34.5 Å². The summed E-state index contributed by atoms with van der Waals surface area (Å²) in [6.07, 6.45) is 5.69. The maximum Gasteiger partial charge on any atom is 0.305 e. The van der Waals surface area contributed by atoms with E-state index in [0.29, 0.717) is 39.1 Å². The zero-order chi connectivity index (χ0) is 24.1. The van der Waals surface area contributed by atoms with E-state index in [1.165, 1.54) is 11.6 Å². The summed E-state index contributed by atoms with van der Waals surface area (Å²) in [4.78, 5) is 30.9. The zero-order valence-corrected chi connectivity index (χ0v) is 20.1. The van der Waals surface area contributed by atoms with Crippen LogP contribution in [0.1, 0.15) is 55.8 Å². The van der Waals surface area contributed by atoms with E-state index in [2.05, 4.69) is 15.6 Å². The number of unbranched alkanes of at least 4 members (excludes halogenated alkanes) is 2. The van der Waals surface area contributed by atoms with Crippen LogP contribution in [0.25, 0.3) is 11.0 Å². The number of fused-ring (bicyclic) bond motifs is 3. The highest BCUT2D eigenvalue weighted by atomic mass is 35.5. The SMILES string of the molecule is CCOC(=O)CCCCCC(=O)N1CCc2c(n(Cc3ccc(F)c(Cl)c3)c3ncccc23)C1. The molecular formula is C26H29ClFN3O3. The molecule has 180 valence electrons. The molecule has 2 aromatic heterocycles. The van der Waals surface area contributed by atoms with Gasteiger partial charge in [-0.2, -0.15) is 0 Å². The van der Waals surface area contributed by atoms with Crippen LogP contribution in [0.2, 0.25) is 5.02 Å². The van der Waals surface area contributed by atoms with Gasteiger partial charge in [0.25, 0.3) is 0 Å². The van der Waals surface area contributed by atoms with Gasteiger partial charge in [0.1, 0.15) is 11.5 Å². The number of amides is 1. The van der Waals surface area contributed by atoms with Crippen LogP contribution >= 0.6 is 11.6 Å². The van der Waals surface area contributed by atoms with E-state index >= 15 is 0 Å². The minimum Gasteiger partial charge on any atom is -0.466 e. The van der Waals surface area contributed by atoms with Gasteiger partial charge >= 0.3 is 5.97 Å². The monoisotopic (exact) mass is 485 g/mol. The first-order valence-electron chi connectivity index (χ1n) is 11.8. The second-order valence-electron chi connectivity index (χ2n) is 8.57. The maximum absolute atomic E-state index is 13.6. The number of aromatic nitrogens is 2. The third-order valence-electron chi connectivity index (χ3n) is 6.27. The van der Waals surface area contributed by atoms with Gasteiger partial charge in [0, 0.05) is 43.2 Å². The van der Waals surface area contributed by atoms with Crippen LogP contribution in [0.4, 0.5) is 4.39 Å². The second-order valence-corrected chi connectivity index (χ2v) is 8.97. The molecular weight excluding hydrogens is 457 g/mol. The molecule has 0 bridgehead atoms. The van der Waals surface area contributed by atoms with E-state index in [0.717, 1.165) is 48.0 Å². The molecule has 1 aliphatic heterocycles. The predicted molar refractivity (Wildman–Crippen MR) is 129 cm³/mol. The number of rotatable bonds is 9. The largest absolute Gasteiger partial charge is 0.466 e. The standard InChI is InChI=1S/C26H29ClFN3O3/c1-2-34-25(33)9-5-3-4-8-24(32)30-14-12-19-20-7-6-13-29-26(20)31(23(19)17-30)16-18-10-11-22(28)21(27)15-18/h6-7,10-11,13,15H,2-5,8-9,12,14,16-17H2,1H3. The lowest BCUT2D eigenvalue weighted by Crippen LogP contribution is -2.36. The van der Waals surface area contributed by atoms with Crippen LogP contribution in [0.3, 0.4) is 0 Å². The molecule has 0 spiro atoms. The predicted octanol–water partition coefficient (Wildman–Crippen LogP) is 5.28. The highest BCUT2D eigenvalue weighted by molar-refractivity contribution is 6.30. The van der Waals surface area contributed by atoms with E-state index in [4.69, 9.17) is 16.3 Å². The fourth-order valence-electron chi connectivity index (χ4n) is 4.58. The van der Waals surface area contributed by atoms with Crippen molar-refractivity contribution in [1.29, 1.82) is 0 Å². The summed E-state index contributed by atoms with van der Waals surface area (Å²) in [6, 6.07) is 8.73. The smallest absolute Gasteiger partial charge is 0.305 e. The molecule has 0 N–H and O–H groups in total. The lowest BCUT2D eigenvalue weighted by molar-refractivity contribution is -0.143. The average Bonchev–Trinajstić information content (AvgIpc) is 3.14. The molecule has 0 fully saturated rings. The Balaban J connectivity index is 1.45. The normalized spacial score (nSPS) is 13.2. The van der Waals surface area contributed by atoms with Crippen molar-refractivity contribution in [3.8, 4) is 0 Å². The van der Waals surface area contributed by atoms with Crippen LogP contribution in [-0.2, 0) is 33.8 Å². The van der Waals surface area contributed by atoms with Crippen molar-refractivity contribution in [2.45, 2.75) is 58.5 Å². The van der Waals surface area contributed by atoms with Crippen LogP contribution in [-0.4, -0.2) is 39.5 Å². The number of benzene rings is 1. The van der Waals surface area contributed by atoms with Crippen molar-refractivity contribution in [3.63, 3.8) is 0 Å². The van der Waals surface area contributed by atoms with E-state index in [-0.39, 0.29) is 16.9 Å². The van der Waals surface area contributed by atoms with Crippen molar-refractivity contribution in [1.82, 2.24) is 14.5 Å². The summed E-state index contributed by atoms with van der Waals surface area (Å²) in [6.45, 7) is 3.88. The molecule has 1 aromatic carbocycles. The molecule has 34 heavy (non-hydrogen) atoms. The fraction of sp³-hybridized carbons (Fsp3) is 0.423. The highest BCUT2D eigenvalue weighted by Gasteiger charge is 2.27. The van der Waals surface area contributed by atoms with Crippen LogP contribution in [0.5, 0.6) is 0 Å². The third kappa shape index (κ3) is 5.41. The minimum absolute atomic E-state index is 0.0931. The summed E-state index contributed by atoms with van der Waals surface area (Å²) in [5.41, 5.74) is 4.02. The van der Waals surface area contributed by atoms with Crippen LogP contribution in [0.15, 0.2) is 36.5 Å². The number of carbonyl (C=O) groups excluding carboxylic acids is 2. The van der Waals surface area contributed by atoms with Gasteiger partial charge in [-0.15, -0.1) is 0 Å². The Morgan fingerprint density at radius 1 is 1.18 bits per heavy atom. The number of pyridine rings is 1. The minimum atomic E-state index is -0.443. The molecule has 3 aromatic rings. The quantitative estimate of drug-likeness (QED) is 0.306. The molecule has 0 aliphatic carbocycles. The van der Waals surface area contributed by atoms with Gasteiger partial charge in [0.2, 0.25) is 5.91 Å². The Morgan fingerprint density at radius 3 is 2.79 bits per heavy atom. The summed E-state index contributed by atoms with van der Waals surface area (Å²) in [5.74, 6) is -0.500. The second kappa shape index (κ2) is 11.0.